The number of carboxylic acid groups (broad SMARTS) is 1. The van der Waals surface area contributed by atoms with E-state index in [-0.39, 0.29) is 5.25 Å². The minimum atomic E-state index is -0.633. The molecule has 5 heteroatoms. The summed E-state index contributed by atoms with van der Waals surface area (Å²) in [5.74, 6) is 0.337. The van der Waals surface area contributed by atoms with Crippen LogP contribution in [0.1, 0.15) is 19.8 Å². The molecule has 0 amide bonds. The van der Waals surface area contributed by atoms with E-state index in [1.165, 1.54) is 0 Å². The molecule has 2 saturated heterocycles. The highest BCUT2D eigenvalue weighted by atomic mass is 32.2. The number of thioether (sulfide) groups is 1. The first-order chi connectivity index (χ1) is 7.68. The Morgan fingerprint density at radius 1 is 1.50 bits per heavy atom. The lowest BCUT2D eigenvalue weighted by Gasteiger charge is -2.39. The van der Waals surface area contributed by atoms with Gasteiger partial charge in [0.05, 0.1) is 0 Å². The number of nitrogens with one attached hydrogen (secondary N) is 1. The first-order valence-corrected chi connectivity index (χ1v) is 7.03. The molecule has 2 unspecified atom stereocenters. The van der Waals surface area contributed by atoms with E-state index in [0.29, 0.717) is 0 Å². The van der Waals surface area contributed by atoms with Crippen LogP contribution in [0.25, 0.3) is 0 Å². The molecule has 2 rings (SSSR count). The Hall–Kier alpha value is -0.260. The van der Waals surface area contributed by atoms with E-state index >= 15 is 0 Å². The van der Waals surface area contributed by atoms with Gasteiger partial charge in [0.1, 0.15) is 5.54 Å². The SMILES string of the molecule is CC1SCCC1(C(=O)O)N1CCCNCC1. The van der Waals surface area contributed by atoms with Gasteiger partial charge in [0.25, 0.3) is 0 Å². The highest BCUT2D eigenvalue weighted by Gasteiger charge is 2.51. The molecule has 0 bridgehead atoms. The number of carbonyl (C=O) groups is 1. The van der Waals surface area contributed by atoms with Crippen molar-refractivity contribution in [3.8, 4) is 0 Å². The van der Waals surface area contributed by atoms with Gasteiger partial charge in [-0.1, -0.05) is 6.92 Å². The minimum Gasteiger partial charge on any atom is -0.480 e. The predicted octanol–water partition coefficient (Wildman–Crippen LogP) is 0.631. The van der Waals surface area contributed by atoms with Crippen LogP contribution in [0.3, 0.4) is 0 Å². The maximum atomic E-state index is 11.7. The van der Waals surface area contributed by atoms with Gasteiger partial charge in [0, 0.05) is 24.9 Å². The third-order valence-electron chi connectivity index (χ3n) is 3.80. The molecular formula is C11H20N2O2S. The van der Waals surface area contributed by atoms with Crippen molar-refractivity contribution in [2.75, 3.05) is 31.9 Å². The molecule has 2 aliphatic rings. The molecule has 0 aromatic heterocycles. The van der Waals surface area contributed by atoms with Crippen LogP contribution in [0, 0.1) is 0 Å². The maximum absolute atomic E-state index is 11.7. The molecule has 2 fully saturated rings. The Labute approximate surface area is 101 Å². The topological polar surface area (TPSA) is 52.6 Å². The summed E-state index contributed by atoms with van der Waals surface area (Å²) in [5, 5.41) is 13.1. The number of aliphatic carboxylic acids is 1. The van der Waals surface area contributed by atoms with Crippen molar-refractivity contribution in [2.45, 2.75) is 30.6 Å². The van der Waals surface area contributed by atoms with E-state index in [9.17, 15) is 9.90 Å². The maximum Gasteiger partial charge on any atom is 0.325 e. The second kappa shape index (κ2) is 4.94. The summed E-state index contributed by atoms with van der Waals surface area (Å²) in [7, 11) is 0. The van der Waals surface area contributed by atoms with Crippen molar-refractivity contribution in [1.82, 2.24) is 10.2 Å². The van der Waals surface area contributed by atoms with Crippen LogP contribution in [-0.2, 0) is 4.79 Å². The van der Waals surface area contributed by atoms with Gasteiger partial charge in [0.15, 0.2) is 0 Å². The number of hydrogen-bond donors (Lipinski definition) is 2. The molecule has 0 spiro atoms. The van der Waals surface area contributed by atoms with E-state index in [1.807, 2.05) is 0 Å². The molecule has 16 heavy (non-hydrogen) atoms. The molecular weight excluding hydrogens is 224 g/mol. The standard InChI is InChI=1S/C11H20N2O2S/c1-9-11(10(14)15,3-8-16-9)13-6-2-4-12-5-7-13/h9,12H,2-8H2,1H3,(H,14,15). The zero-order chi connectivity index (χ0) is 11.6. The van der Waals surface area contributed by atoms with Gasteiger partial charge in [-0.15, -0.1) is 0 Å². The fraction of sp³-hybridized carbons (Fsp3) is 0.909. The van der Waals surface area contributed by atoms with E-state index in [1.54, 1.807) is 11.8 Å². The van der Waals surface area contributed by atoms with Crippen LogP contribution in [0.2, 0.25) is 0 Å². The zero-order valence-electron chi connectivity index (χ0n) is 9.74. The average Bonchev–Trinajstić information content (AvgIpc) is 2.51. The van der Waals surface area contributed by atoms with E-state index in [4.69, 9.17) is 0 Å². The first kappa shape index (κ1) is 12.2. The Morgan fingerprint density at radius 3 is 2.94 bits per heavy atom. The van der Waals surface area contributed by atoms with E-state index in [2.05, 4.69) is 17.1 Å². The smallest absolute Gasteiger partial charge is 0.325 e. The summed E-state index contributed by atoms with van der Waals surface area (Å²) in [5.41, 5.74) is -0.614. The molecule has 0 aromatic carbocycles. The van der Waals surface area contributed by atoms with Crippen LogP contribution >= 0.6 is 11.8 Å². The lowest BCUT2D eigenvalue weighted by atomic mass is 9.90. The van der Waals surface area contributed by atoms with Gasteiger partial charge in [-0.3, -0.25) is 9.69 Å². The molecule has 2 atom stereocenters. The normalized spacial score (nSPS) is 37.2. The lowest BCUT2D eigenvalue weighted by Crippen LogP contribution is -2.59. The van der Waals surface area contributed by atoms with Crippen molar-refractivity contribution in [3.05, 3.63) is 0 Å². The monoisotopic (exact) mass is 244 g/mol. The molecule has 4 nitrogen and oxygen atoms in total. The number of carboxylic acids is 1. The number of rotatable bonds is 2. The Kier molecular flexibility index (Phi) is 3.77. The highest BCUT2D eigenvalue weighted by Crippen LogP contribution is 2.40. The highest BCUT2D eigenvalue weighted by molar-refractivity contribution is 8.00. The molecule has 2 heterocycles. The van der Waals surface area contributed by atoms with Crippen LogP contribution < -0.4 is 5.32 Å². The summed E-state index contributed by atoms with van der Waals surface area (Å²) in [6.45, 7) is 5.74. The van der Waals surface area contributed by atoms with Crippen LogP contribution in [0.5, 0.6) is 0 Å². The number of hydrogen-bond acceptors (Lipinski definition) is 4. The van der Waals surface area contributed by atoms with Crippen LogP contribution in [0.15, 0.2) is 0 Å². The van der Waals surface area contributed by atoms with Crippen molar-refractivity contribution in [2.24, 2.45) is 0 Å². The Balaban J connectivity index is 2.20. The van der Waals surface area contributed by atoms with Gasteiger partial charge in [-0.25, -0.2) is 0 Å². The van der Waals surface area contributed by atoms with Crippen LogP contribution in [0.4, 0.5) is 0 Å². The lowest BCUT2D eigenvalue weighted by molar-refractivity contribution is -0.151. The number of nitrogens with zero attached hydrogens (tertiary/aromatic N) is 1. The quantitative estimate of drug-likeness (QED) is 0.746. The Bertz CT molecular complexity index is 267. The molecule has 2 aliphatic heterocycles. The van der Waals surface area contributed by atoms with Gasteiger partial charge in [-0.2, -0.15) is 11.8 Å². The largest absolute Gasteiger partial charge is 0.480 e. The first-order valence-electron chi connectivity index (χ1n) is 5.98. The molecule has 0 aliphatic carbocycles. The van der Waals surface area contributed by atoms with Gasteiger partial charge < -0.3 is 10.4 Å². The fourth-order valence-electron chi connectivity index (χ4n) is 2.81. The molecule has 2 N–H and O–H groups in total. The second-order valence-electron chi connectivity index (χ2n) is 4.58. The van der Waals surface area contributed by atoms with Crippen molar-refractivity contribution in [3.63, 3.8) is 0 Å². The fourth-order valence-corrected chi connectivity index (χ4v) is 4.23. The second-order valence-corrected chi connectivity index (χ2v) is 6.03. The van der Waals surface area contributed by atoms with E-state index < -0.39 is 11.5 Å². The van der Waals surface area contributed by atoms with Gasteiger partial charge in [-0.05, 0) is 25.1 Å². The van der Waals surface area contributed by atoms with Crippen molar-refractivity contribution < 1.29 is 9.90 Å². The summed E-state index contributed by atoms with van der Waals surface area (Å²) in [4.78, 5) is 13.9. The van der Waals surface area contributed by atoms with E-state index in [0.717, 1.165) is 44.8 Å². The summed E-state index contributed by atoms with van der Waals surface area (Å²) in [6.07, 6.45) is 1.83. The zero-order valence-corrected chi connectivity index (χ0v) is 10.6. The van der Waals surface area contributed by atoms with Crippen LogP contribution in [-0.4, -0.2) is 58.7 Å². The van der Waals surface area contributed by atoms with Gasteiger partial charge >= 0.3 is 5.97 Å². The molecule has 0 saturated carbocycles. The third-order valence-corrected chi connectivity index (χ3v) is 5.13. The summed E-state index contributed by atoms with van der Waals surface area (Å²) >= 11 is 1.79. The van der Waals surface area contributed by atoms with Gasteiger partial charge in [0.2, 0.25) is 0 Å². The predicted molar refractivity (Wildman–Crippen MR) is 66.0 cm³/mol. The minimum absolute atomic E-state index is 0.197. The average molecular weight is 244 g/mol. The molecule has 0 radical (unpaired) electrons. The summed E-state index contributed by atoms with van der Waals surface area (Å²) in [6, 6.07) is 0. The molecule has 0 aromatic rings. The van der Waals surface area contributed by atoms with Crippen molar-refractivity contribution >= 4 is 17.7 Å². The third kappa shape index (κ3) is 1.96. The van der Waals surface area contributed by atoms with Crippen molar-refractivity contribution in [1.29, 1.82) is 0 Å². The Morgan fingerprint density at radius 2 is 2.31 bits per heavy atom. The summed E-state index contributed by atoms with van der Waals surface area (Å²) < 4.78 is 0. The molecule has 92 valence electrons.